The fourth-order valence-corrected chi connectivity index (χ4v) is 12.8. The lowest BCUT2D eigenvalue weighted by Crippen LogP contribution is -2.17. The molecular formula is C82H64N2. The highest BCUT2D eigenvalue weighted by Gasteiger charge is 2.30. The van der Waals surface area contributed by atoms with Crippen molar-refractivity contribution in [1.82, 2.24) is 0 Å². The van der Waals surface area contributed by atoms with Crippen LogP contribution in [0.1, 0.15) is 37.5 Å². The molecule has 0 spiro atoms. The largest absolute Gasteiger partial charge is 0.309 e. The lowest BCUT2D eigenvalue weighted by molar-refractivity contribution is 0.591. The monoisotopic (exact) mass is 1080 g/mol. The van der Waals surface area contributed by atoms with E-state index < -0.39 is 0 Å². The van der Waals surface area contributed by atoms with Gasteiger partial charge in [-0.3, -0.25) is 0 Å². The first-order valence-electron chi connectivity index (χ1n) is 29.3. The average Bonchev–Trinajstić information content (AvgIpc) is 1.12. The number of rotatable bonds is 12. The van der Waals surface area contributed by atoms with Crippen molar-refractivity contribution in [2.24, 2.45) is 0 Å². The van der Waals surface area contributed by atoms with E-state index in [2.05, 4.69) is 342 Å². The zero-order valence-corrected chi connectivity index (χ0v) is 48.2. The van der Waals surface area contributed by atoms with Crippen LogP contribution >= 0.6 is 0 Å². The molecular weight excluding hydrogens is 1010 g/mol. The molecule has 84 heavy (non-hydrogen) atoms. The Balaban J connectivity index is 1.18. The van der Waals surface area contributed by atoms with Crippen molar-refractivity contribution in [3.63, 3.8) is 0 Å². The van der Waals surface area contributed by atoms with Crippen LogP contribution in [0.4, 0.5) is 34.1 Å². The summed E-state index contributed by atoms with van der Waals surface area (Å²) >= 11 is 0. The first kappa shape index (κ1) is 51.8. The summed E-state index contributed by atoms with van der Waals surface area (Å²) in [6, 6.07) is 110. The zero-order chi connectivity index (χ0) is 56.9. The van der Waals surface area contributed by atoms with Gasteiger partial charge < -0.3 is 9.80 Å². The third-order valence-corrected chi connectivity index (χ3v) is 17.1. The highest BCUT2D eigenvalue weighted by Crippen LogP contribution is 2.55. The zero-order valence-electron chi connectivity index (χ0n) is 48.2. The second kappa shape index (κ2) is 21.6. The smallest absolute Gasteiger partial charge is 0.0561 e. The second-order valence-corrected chi connectivity index (χ2v) is 23.3. The molecule has 2 nitrogen and oxygen atoms in total. The summed E-state index contributed by atoms with van der Waals surface area (Å²) in [6.07, 6.45) is 0. The topological polar surface area (TPSA) is 6.48 Å². The van der Waals surface area contributed by atoms with Crippen LogP contribution in [-0.4, -0.2) is 0 Å². The van der Waals surface area contributed by atoms with Gasteiger partial charge in [0.05, 0.1) is 22.7 Å². The minimum atomic E-state index is -0.0633. The van der Waals surface area contributed by atoms with Crippen molar-refractivity contribution in [3.8, 4) is 66.8 Å². The summed E-state index contributed by atoms with van der Waals surface area (Å²) < 4.78 is 0. The molecule has 2 heteroatoms. The average molecular weight is 1080 g/mol. The molecule has 0 aromatic heterocycles. The normalized spacial score (nSPS) is 11.6. The molecule has 0 unspecified atom stereocenters. The van der Waals surface area contributed by atoms with Gasteiger partial charge in [0, 0.05) is 38.7 Å². The van der Waals surface area contributed by atoms with Gasteiger partial charge in [0.15, 0.2) is 0 Å². The third kappa shape index (κ3) is 9.36. The molecule has 0 bridgehead atoms. The Kier molecular flexibility index (Phi) is 13.3. The third-order valence-electron chi connectivity index (χ3n) is 17.1. The van der Waals surface area contributed by atoms with Crippen LogP contribution in [-0.2, 0) is 5.41 Å². The number of benzene rings is 14. The molecule has 0 fully saturated rings. The van der Waals surface area contributed by atoms with Gasteiger partial charge in [0.25, 0.3) is 0 Å². The van der Waals surface area contributed by atoms with E-state index >= 15 is 0 Å². The molecule has 0 radical (unpaired) electrons. The molecule has 402 valence electrons. The van der Waals surface area contributed by atoms with Crippen LogP contribution in [0.5, 0.6) is 0 Å². The van der Waals surface area contributed by atoms with Gasteiger partial charge in [-0.1, -0.05) is 288 Å². The first-order chi connectivity index (χ1) is 41.2. The van der Waals surface area contributed by atoms with E-state index in [1.165, 1.54) is 71.3 Å². The van der Waals surface area contributed by atoms with Gasteiger partial charge in [-0.15, -0.1) is 0 Å². The Hall–Kier alpha value is -10.3. The quantitative estimate of drug-likeness (QED) is 0.113. The Morgan fingerprint density at radius 1 is 0.238 bits per heavy atom. The highest BCUT2D eigenvalue weighted by molar-refractivity contribution is 6.29. The molecule has 0 amide bonds. The first-order valence-corrected chi connectivity index (χ1v) is 29.3. The molecule has 0 saturated carbocycles. The number of hydrogen-bond acceptors (Lipinski definition) is 2. The van der Waals surface area contributed by atoms with E-state index in [1.807, 2.05) is 0 Å². The Bertz CT molecular complexity index is 4390. The van der Waals surface area contributed by atoms with Crippen molar-refractivity contribution in [2.45, 2.75) is 40.0 Å². The summed E-state index contributed by atoms with van der Waals surface area (Å²) in [5.41, 5.74) is 24.0. The molecule has 0 heterocycles. The van der Waals surface area contributed by atoms with Gasteiger partial charge in [-0.2, -0.15) is 0 Å². The van der Waals surface area contributed by atoms with E-state index in [-0.39, 0.29) is 5.41 Å². The van der Waals surface area contributed by atoms with E-state index in [9.17, 15) is 0 Å². The summed E-state index contributed by atoms with van der Waals surface area (Å²) in [5.74, 6) is 0. The molecule has 0 aliphatic heterocycles. The van der Waals surface area contributed by atoms with E-state index in [0.29, 0.717) is 0 Å². The van der Waals surface area contributed by atoms with Crippen molar-refractivity contribution in [2.75, 3.05) is 9.80 Å². The maximum atomic E-state index is 2.61. The molecule has 14 aromatic rings. The molecule has 0 atom stereocenters. The Morgan fingerprint density at radius 3 is 0.940 bits per heavy atom. The predicted molar refractivity (Wildman–Crippen MR) is 360 cm³/mol. The summed E-state index contributed by atoms with van der Waals surface area (Å²) in [5, 5.41) is 7.28. The maximum Gasteiger partial charge on any atom is 0.0561 e. The summed E-state index contributed by atoms with van der Waals surface area (Å²) in [4.78, 5) is 5.22. The number of hydrogen-bond donors (Lipinski definition) is 0. The van der Waals surface area contributed by atoms with Crippen LogP contribution in [0.2, 0.25) is 0 Å². The van der Waals surface area contributed by atoms with Gasteiger partial charge in [-0.05, 0) is 138 Å². The van der Waals surface area contributed by atoms with Gasteiger partial charge in [0.2, 0.25) is 0 Å². The van der Waals surface area contributed by atoms with Gasteiger partial charge in [0.1, 0.15) is 0 Å². The van der Waals surface area contributed by atoms with Crippen LogP contribution < -0.4 is 9.80 Å². The van der Waals surface area contributed by atoms with Crippen LogP contribution in [0.25, 0.3) is 99.1 Å². The molecule has 14 rings (SSSR count). The van der Waals surface area contributed by atoms with Crippen LogP contribution in [0.3, 0.4) is 0 Å². The summed E-state index contributed by atoms with van der Waals surface area (Å²) in [7, 11) is 0. The molecule has 14 aromatic carbocycles. The van der Waals surface area contributed by atoms with E-state index in [1.54, 1.807) is 0 Å². The second-order valence-electron chi connectivity index (χ2n) is 23.3. The number of nitrogens with zero attached hydrogens (tertiary/aromatic N) is 2. The van der Waals surface area contributed by atoms with Crippen LogP contribution in [0, 0.1) is 13.8 Å². The minimum absolute atomic E-state index is 0.0633. The van der Waals surface area contributed by atoms with Gasteiger partial charge in [-0.25, -0.2) is 0 Å². The Labute approximate surface area is 494 Å². The maximum absolute atomic E-state index is 2.61. The van der Waals surface area contributed by atoms with E-state index in [4.69, 9.17) is 0 Å². The lowest BCUT2D eigenvalue weighted by atomic mass is 9.83. The summed E-state index contributed by atoms with van der Waals surface area (Å²) in [6.45, 7) is 11.6. The molecule has 0 aliphatic rings. The fourth-order valence-electron chi connectivity index (χ4n) is 12.8. The SMILES string of the molecule is Cc1c(-c2ccccc2)cccc1N(c1cc(-c2ccccc2)ccc1-c1ccccc1)c1cc(N(c2cc(-c3ccccc3)ccc2-c2ccccc2)c2cccc(-c3ccccc3)c2C)c2ccc3cc(C(C)(C)C)cc4ccc1c2c43. The predicted octanol–water partition coefficient (Wildman–Crippen LogP) is 23.4. The fraction of sp³-hybridized carbons (Fsp3) is 0.0732. The number of anilines is 6. The standard InChI is InChI=1S/C82H64N2/c1-55-68(59-30-16-8-17-31-59)38-24-40-74(55)83(76-52-63(57-26-12-6-13-27-57)42-46-70(76)61-34-20-10-21-35-61)78-54-79(73-49-45-66-51-67(82(3,4)5)50-65-44-48-72(78)81(73)80(65)66)84(75-41-25-39-69(56(75)2)60-32-18-9-19-33-60)77-53-64(58-28-14-7-15-29-58)43-47-71(77)62-36-22-11-23-37-62/h6-54H,1-5H3. The Morgan fingerprint density at radius 2 is 0.583 bits per heavy atom. The van der Waals surface area contributed by atoms with Crippen molar-refractivity contribution < 1.29 is 0 Å². The van der Waals surface area contributed by atoms with Crippen molar-refractivity contribution >= 4 is 66.4 Å². The van der Waals surface area contributed by atoms with Gasteiger partial charge >= 0.3 is 0 Å². The van der Waals surface area contributed by atoms with Crippen molar-refractivity contribution in [1.29, 1.82) is 0 Å². The van der Waals surface area contributed by atoms with Crippen molar-refractivity contribution in [3.05, 3.63) is 314 Å². The molecule has 0 saturated heterocycles. The molecule has 0 aliphatic carbocycles. The lowest BCUT2D eigenvalue weighted by Gasteiger charge is -2.35. The van der Waals surface area contributed by atoms with Crippen LogP contribution in [0.15, 0.2) is 297 Å². The van der Waals surface area contributed by atoms with E-state index in [0.717, 1.165) is 78.6 Å². The highest BCUT2D eigenvalue weighted by atomic mass is 15.2. The molecule has 0 N–H and O–H groups in total. The minimum Gasteiger partial charge on any atom is -0.309 e.